The van der Waals surface area contributed by atoms with Gasteiger partial charge in [-0.2, -0.15) is 0 Å². The van der Waals surface area contributed by atoms with Gasteiger partial charge in [0.25, 0.3) is 0 Å². The van der Waals surface area contributed by atoms with Crippen LogP contribution in [0.3, 0.4) is 0 Å². The van der Waals surface area contributed by atoms with Crippen molar-refractivity contribution in [1.82, 2.24) is 4.90 Å². The summed E-state index contributed by atoms with van der Waals surface area (Å²) < 4.78 is 0. The molecule has 2 aliphatic rings. The van der Waals surface area contributed by atoms with Gasteiger partial charge in [-0.1, -0.05) is 26.7 Å². The fraction of sp³-hybridized carbons (Fsp3) is 1.00. The minimum atomic E-state index is -0.0602. The molecule has 1 aliphatic carbocycles. The van der Waals surface area contributed by atoms with Crippen molar-refractivity contribution < 1.29 is 5.11 Å². The maximum absolute atomic E-state index is 10.1. The van der Waals surface area contributed by atoms with Gasteiger partial charge in [0.05, 0.1) is 6.10 Å². The number of likely N-dealkylation sites (tertiary alicyclic amines) is 1. The van der Waals surface area contributed by atoms with E-state index in [0.717, 1.165) is 6.42 Å². The van der Waals surface area contributed by atoms with E-state index in [1.54, 1.807) is 0 Å². The smallest absolute Gasteiger partial charge is 0.0695 e. The molecule has 0 aromatic heterocycles. The Labute approximate surface area is 100 Å². The molecule has 0 amide bonds. The molecule has 0 radical (unpaired) electrons. The van der Waals surface area contributed by atoms with Crippen molar-refractivity contribution in [3.8, 4) is 0 Å². The highest BCUT2D eigenvalue weighted by Crippen LogP contribution is 2.32. The van der Waals surface area contributed by atoms with Crippen LogP contribution in [0.25, 0.3) is 0 Å². The summed E-state index contributed by atoms with van der Waals surface area (Å²) in [4.78, 5) is 2.57. The minimum absolute atomic E-state index is 0.0602. The van der Waals surface area contributed by atoms with Gasteiger partial charge in [0.1, 0.15) is 0 Å². The zero-order valence-electron chi connectivity index (χ0n) is 10.9. The number of aliphatic hydroxyl groups is 1. The summed E-state index contributed by atoms with van der Waals surface area (Å²) in [5.74, 6) is 0. The second kappa shape index (κ2) is 5.05. The van der Waals surface area contributed by atoms with Crippen molar-refractivity contribution in [2.24, 2.45) is 5.41 Å². The van der Waals surface area contributed by atoms with E-state index in [9.17, 15) is 5.11 Å². The first-order valence-corrected chi connectivity index (χ1v) is 7.01. The van der Waals surface area contributed by atoms with Crippen LogP contribution in [0, 0.1) is 5.41 Å². The minimum Gasteiger partial charge on any atom is -0.391 e. The standard InChI is InChI=1S/C14H27NO/c1-14(2)8-5-10-15(11-9-14)12-6-3-4-7-13(12)16/h12-13,16H,3-11H2,1-2H3/t12-,13-/m0/s1. The van der Waals surface area contributed by atoms with Crippen LogP contribution in [0.15, 0.2) is 0 Å². The van der Waals surface area contributed by atoms with E-state index in [-0.39, 0.29) is 6.10 Å². The molecule has 1 saturated heterocycles. The molecule has 2 rings (SSSR count). The third-order valence-electron chi connectivity index (χ3n) is 4.54. The molecule has 1 saturated carbocycles. The lowest BCUT2D eigenvalue weighted by atomic mass is 9.85. The molecule has 2 fully saturated rings. The van der Waals surface area contributed by atoms with Gasteiger partial charge in [-0.15, -0.1) is 0 Å². The van der Waals surface area contributed by atoms with Gasteiger partial charge in [-0.25, -0.2) is 0 Å². The van der Waals surface area contributed by atoms with E-state index >= 15 is 0 Å². The maximum atomic E-state index is 10.1. The largest absolute Gasteiger partial charge is 0.391 e. The van der Waals surface area contributed by atoms with Crippen molar-refractivity contribution in [1.29, 1.82) is 0 Å². The number of rotatable bonds is 1. The average Bonchev–Trinajstić information content (AvgIpc) is 2.40. The normalized spacial score (nSPS) is 36.9. The Morgan fingerprint density at radius 1 is 1.00 bits per heavy atom. The lowest BCUT2D eigenvalue weighted by molar-refractivity contribution is 0.0202. The summed E-state index contributed by atoms with van der Waals surface area (Å²) in [5.41, 5.74) is 0.508. The van der Waals surface area contributed by atoms with Gasteiger partial charge < -0.3 is 5.11 Å². The lowest BCUT2D eigenvalue weighted by Gasteiger charge is -2.37. The van der Waals surface area contributed by atoms with Gasteiger partial charge in [0.2, 0.25) is 0 Å². The summed E-state index contributed by atoms with van der Waals surface area (Å²) in [6.45, 7) is 7.15. The molecular formula is C14H27NO. The topological polar surface area (TPSA) is 23.5 Å². The molecule has 1 aliphatic heterocycles. The SMILES string of the molecule is CC1(C)CCCN([C@H]2CCCC[C@@H]2O)CC1. The number of hydrogen-bond donors (Lipinski definition) is 1. The lowest BCUT2D eigenvalue weighted by Crippen LogP contribution is -2.46. The second-order valence-electron chi connectivity index (χ2n) is 6.47. The van der Waals surface area contributed by atoms with Crippen LogP contribution in [0.5, 0.6) is 0 Å². The van der Waals surface area contributed by atoms with Crippen LogP contribution in [-0.2, 0) is 0 Å². The van der Waals surface area contributed by atoms with Gasteiger partial charge in [0.15, 0.2) is 0 Å². The first kappa shape index (κ1) is 12.4. The molecule has 16 heavy (non-hydrogen) atoms. The molecule has 0 aromatic rings. The zero-order chi connectivity index (χ0) is 11.6. The van der Waals surface area contributed by atoms with E-state index in [2.05, 4.69) is 18.7 Å². The van der Waals surface area contributed by atoms with E-state index < -0.39 is 0 Å². The Kier molecular flexibility index (Phi) is 3.91. The molecule has 0 unspecified atom stereocenters. The monoisotopic (exact) mass is 225 g/mol. The highest BCUT2D eigenvalue weighted by atomic mass is 16.3. The van der Waals surface area contributed by atoms with Gasteiger partial charge in [-0.05, 0) is 50.6 Å². The van der Waals surface area contributed by atoms with Gasteiger partial charge in [0, 0.05) is 6.04 Å². The molecule has 94 valence electrons. The predicted octanol–water partition coefficient (Wildman–Crippen LogP) is 2.80. The van der Waals surface area contributed by atoms with E-state index in [4.69, 9.17) is 0 Å². The highest BCUT2D eigenvalue weighted by molar-refractivity contribution is 4.86. The predicted molar refractivity (Wildman–Crippen MR) is 67.5 cm³/mol. The van der Waals surface area contributed by atoms with Gasteiger partial charge >= 0.3 is 0 Å². The Morgan fingerprint density at radius 2 is 1.75 bits per heavy atom. The number of aliphatic hydroxyl groups excluding tert-OH is 1. The third-order valence-corrected chi connectivity index (χ3v) is 4.54. The Hall–Kier alpha value is -0.0800. The van der Waals surface area contributed by atoms with Crippen LogP contribution >= 0.6 is 0 Å². The molecule has 0 spiro atoms. The van der Waals surface area contributed by atoms with Crippen LogP contribution in [0.4, 0.5) is 0 Å². The maximum Gasteiger partial charge on any atom is 0.0695 e. The first-order chi connectivity index (χ1) is 7.58. The summed E-state index contributed by atoms with van der Waals surface area (Å²) >= 11 is 0. The summed E-state index contributed by atoms with van der Waals surface area (Å²) in [6.07, 6.45) is 8.62. The van der Waals surface area contributed by atoms with Crippen molar-refractivity contribution in [3.63, 3.8) is 0 Å². The molecule has 1 heterocycles. The number of nitrogens with zero attached hydrogens (tertiary/aromatic N) is 1. The zero-order valence-corrected chi connectivity index (χ0v) is 10.9. The molecule has 0 aromatic carbocycles. The average molecular weight is 225 g/mol. The van der Waals surface area contributed by atoms with Crippen LogP contribution in [-0.4, -0.2) is 35.2 Å². The van der Waals surface area contributed by atoms with Crippen LogP contribution in [0.2, 0.25) is 0 Å². The van der Waals surface area contributed by atoms with E-state index in [1.165, 1.54) is 51.6 Å². The highest BCUT2D eigenvalue weighted by Gasteiger charge is 2.31. The van der Waals surface area contributed by atoms with Crippen LogP contribution < -0.4 is 0 Å². The molecule has 0 bridgehead atoms. The summed E-state index contributed by atoms with van der Waals surface area (Å²) in [5, 5.41) is 10.1. The molecule has 2 atom stereocenters. The Bertz CT molecular complexity index is 227. The molecule has 1 N–H and O–H groups in total. The summed E-state index contributed by atoms with van der Waals surface area (Å²) in [6, 6.07) is 0.461. The van der Waals surface area contributed by atoms with Gasteiger partial charge in [-0.3, -0.25) is 4.90 Å². The second-order valence-corrected chi connectivity index (χ2v) is 6.47. The molecule has 2 nitrogen and oxygen atoms in total. The molecular weight excluding hydrogens is 198 g/mol. The Balaban J connectivity index is 1.93. The fourth-order valence-corrected chi connectivity index (χ4v) is 3.29. The van der Waals surface area contributed by atoms with Crippen LogP contribution in [0.1, 0.15) is 58.8 Å². The van der Waals surface area contributed by atoms with Crippen molar-refractivity contribution in [2.45, 2.75) is 70.9 Å². The fourth-order valence-electron chi connectivity index (χ4n) is 3.29. The van der Waals surface area contributed by atoms with Crippen molar-refractivity contribution in [2.75, 3.05) is 13.1 Å². The van der Waals surface area contributed by atoms with E-state index in [1.807, 2.05) is 0 Å². The first-order valence-electron chi connectivity index (χ1n) is 7.01. The van der Waals surface area contributed by atoms with E-state index in [0.29, 0.717) is 11.5 Å². The Morgan fingerprint density at radius 3 is 2.50 bits per heavy atom. The third kappa shape index (κ3) is 2.98. The molecule has 2 heteroatoms. The number of hydrogen-bond acceptors (Lipinski definition) is 2. The quantitative estimate of drug-likeness (QED) is 0.742. The summed E-state index contributed by atoms with van der Waals surface area (Å²) in [7, 11) is 0. The van der Waals surface area contributed by atoms with Crippen molar-refractivity contribution >= 4 is 0 Å². The van der Waals surface area contributed by atoms with Crippen molar-refractivity contribution in [3.05, 3.63) is 0 Å².